The monoisotopic (exact) mass is 307 g/mol. The van der Waals surface area contributed by atoms with E-state index in [0.29, 0.717) is 5.22 Å². The van der Waals surface area contributed by atoms with Crippen molar-refractivity contribution in [1.29, 1.82) is 0 Å². The predicted molar refractivity (Wildman–Crippen MR) is 85.8 cm³/mol. The average molecular weight is 307 g/mol. The Morgan fingerprint density at radius 1 is 1.38 bits per heavy atom. The lowest BCUT2D eigenvalue weighted by molar-refractivity contribution is 0.304. The lowest BCUT2D eigenvalue weighted by Crippen LogP contribution is -2.31. The number of fused-ring (bicyclic) bond motifs is 1. The molecule has 6 heteroatoms. The highest BCUT2D eigenvalue weighted by atomic mass is 32.2. The molecule has 2 rings (SSSR count). The zero-order valence-corrected chi connectivity index (χ0v) is 13.2. The Bertz CT molecular complexity index is 589. The number of rotatable bonds is 7. The van der Waals surface area contributed by atoms with Crippen LogP contribution < -0.4 is 5.73 Å². The number of unbranched alkanes of at least 4 members (excludes halogenated alkanes) is 1. The molecule has 0 bridgehead atoms. The van der Waals surface area contributed by atoms with Crippen molar-refractivity contribution in [3.05, 3.63) is 24.3 Å². The summed E-state index contributed by atoms with van der Waals surface area (Å²) >= 11 is 1.62. The average Bonchev–Trinajstić information content (AvgIpc) is 2.88. The van der Waals surface area contributed by atoms with Gasteiger partial charge in [0.25, 0.3) is 5.22 Å². The number of aromatic nitrogens is 1. The van der Waals surface area contributed by atoms with Crippen molar-refractivity contribution in [2.75, 3.05) is 5.75 Å². The minimum absolute atomic E-state index is 0.267. The highest BCUT2D eigenvalue weighted by Gasteiger charge is 2.22. The first-order valence-electron chi connectivity index (χ1n) is 6.99. The first-order chi connectivity index (χ1) is 10.0. The normalized spacial score (nSPS) is 13.0. The van der Waals surface area contributed by atoms with Gasteiger partial charge in [-0.1, -0.05) is 49.3 Å². The first-order valence-corrected chi connectivity index (χ1v) is 7.98. The SMILES string of the molecule is CC(C)(CCCCSc1nc2ccccc2o1)/C(N)=N/O. The maximum Gasteiger partial charge on any atom is 0.256 e. The molecule has 5 nitrogen and oxygen atoms in total. The topological polar surface area (TPSA) is 84.6 Å². The summed E-state index contributed by atoms with van der Waals surface area (Å²) in [5.41, 5.74) is 7.13. The van der Waals surface area contributed by atoms with Crippen molar-refractivity contribution in [3.63, 3.8) is 0 Å². The van der Waals surface area contributed by atoms with Crippen LogP contribution in [-0.4, -0.2) is 21.8 Å². The molecule has 1 aromatic carbocycles. The number of oxazole rings is 1. The molecule has 2 aromatic rings. The highest BCUT2D eigenvalue weighted by Crippen LogP contribution is 2.26. The molecule has 0 saturated heterocycles. The summed E-state index contributed by atoms with van der Waals surface area (Å²) in [6.07, 6.45) is 2.93. The van der Waals surface area contributed by atoms with Crippen LogP contribution in [0.5, 0.6) is 0 Å². The molecule has 0 aliphatic carbocycles. The molecule has 1 aromatic heterocycles. The van der Waals surface area contributed by atoms with Crippen LogP contribution in [0.1, 0.15) is 33.1 Å². The molecule has 21 heavy (non-hydrogen) atoms. The van der Waals surface area contributed by atoms with Gasteiger partial charge in [0, 0.05) is 11.2 Å². The van der Waals surface area contributed by atoms with Crippen LogP contribution in [0.15, 0.2) is 39.1 Å². The molecule has 0 fully saturated rings. The smallest absolute Gasteiger partial charge is 0.256 e. The molecule has 0 aliphatic heterocycles. The van der Waals surface area contributed by atoms with Crippen LogP contribution in [-0.2, 0) is 0 Å². The Morgan fingerprint density at radius 2 is 2.14 bits per heavy atom. The second-order valence-corrected chi connectivity index (χ2v) is 6.67. The molecule has 0 spiro atoms. The molecule has 0 atom stereocenters. The standard InChI is InChI=1S/C15H21N3O2S/c1-15(2,13(16)18-19)9-5-6-10-21-14-17-11-7-3-4-8-12(11)20-14/h3-4,7-8,19H,5-6,9-10H2,1-2H3,(H2,16,18). The summed E-state index contributed by atoms with van der Waals surface area (Å²) in [7, 11) is 0. The molecule has 3 N–H and O–H groups in total. The number of amidine groups is 1. The van der Waals surface area contributed by atoms with E-state index in [1.165, 1.54) is 0 Å². The molecule has 1 heterocycles. The molecule has 0 saturated carbocycles. The van der Waals surface area contributed by atoms with Crippen LogP contribution in [0.4, 0.5) is 0 Å². The van der Waals surface area contributed by atoms with Gasteiger partial charge in [0.05, 0.1) is 0 Å². The van der Waals surface area contributed by atoms with E-state index >= 15 is 0 Å². The first kappa shape index (κ1) is 15.7. The van der Waals surface area contributed by atoms with Crippen molar-refractivity contribution < 1.29 is 9.62 Å². The minimum Gasteiger partial charge on any atom is -0.431 e. The fourth-order valence-corrected chi connectivity index (χ4v) is 2.84. The summed E-state index contributed by atoms with van der Waals surface area (Å²) in [4.78, 5) is 4.42. The van der Waals surface area contributed by atoms with Gasteiger partial charge in [0.15, 0.2) is 5.58 Å². The van der Waals surface area contributed by atoms with Crippen molar-refractivity contribution >= 4 is 28.7 Å². The van der Waals surface area contributed by atoms with Crippen LogP contribution >= 0.6 is 11.8 Å². The predicted octanol–water partition coefficient (Wildman–Crippen LogP) is 3.86. The Hall–Kier alpha value is -1.69. The zero-order valence-electron chi connectivity index (χ0n) is 12.4. The number of benzene rings is 1. The van der Waals surface area contributed by atoms with E-state index in [2.05, 4.69) is 10.1 Å². The Morgan fingerprint density at radius 3 is 2.86 bits per heavy atom. The zero-order chi connectivity index (χ0) is 15.3. The third kappa shape index (κ3) is 4.14. The van der Waals surface area contributed by atoms with Crippen LogP contribution in [0.3, 0.4) is 0 Å². The van der Waals surface area contributed by atoms with Crippen molar-refractivity contribution in [3.8, 4) is 0 Å². The minimum atomic E-state index is -0.267. The van der Waals surface area contributed by atoms with E-state index in [-0.39, 0.29) is 11.3 Å². The maximum absolute atomic E-state index is 8.73. The van der Waals surface area contributed by atoms with E-state index in [0.717, 1.165) is 36.1 Å². The van der Waals surface area contributed by atoms with Gasteiger partial charge in [0.2, 0.25) is 0 Å². The Balaban J connectivity index is 1.75. The Labute approximate surface area is 128 Å². The Kier molecular flexibility index (Phi) is 5.12. The van der Waals surface area contributed by atoms with Gasteiger partial charge in [0.1, 0.15) is 11.4 Å². The van der Waals surface area contributed by atoms with E-state index in [4.69, 9.17) is 15.4 Å². The number of para-hydroxylation sites is 2. The number of thioether (sulfide) groups is 1. The van der Waals surface area contributed by atoms with Crippen LogP contribution in [0, 0.1) is 5.41 Å². The van der Waals surface area contributed by atoms with Gasteiger partial charge in [-0.3, -0.25) is 0 Å². The number of oxime groups is 1. The number of nitrogens with zero attached hydrogens (tertiary/aromatic N) is 2. The molecule has 0 radical (unpaired) electrons. The van der Waals surface area contributed by atoms with Crippen molar-refractivity contribution in [2.24, 2.45) is 16.3 Å². The van der Waals surface area contributed by atoms with E-state index in [9.17, 15) is 0 Å². The molecular weight excluding hydrogens is 286 g/mol. The molecule has 114 valence electrons. The lowest BCUT2D eigenvalue weighted by atomic mass is 9.86. The van der Waals surface area contributed by atoms with Gasteiger partial charge in [-0.05, 0) is 25.0 Å². The summed E-state index contributed by atoms with van der Waals surface area (Å²) < 4.78 is 5.65. The summed E-state index contributed by atoms with van der Waals surface area (Å²) in [5, 5.41) is 12.5. The maximum atomic E-state index is 8.73. The molecule has 0 amide bonds. The quantitative estimate of drug-likeness (QED) is 0.203. The lowest BCUT2D eigenvalue weighted by Gasteiger charge is -2.22. The fourth-order valence-electron chi connectivity index (χ4n) is 2.00. The van der Waals surface area contributed by atoms with E-state index in [1.807, 2.05) is 38.1 Å². The van der Waals surface area contributed by atoms with Gasteiger partial charge >= 0.3 is 0 Å². The molecular formula is C15H21N3O2S. The number of hydrogen-bond donors (Lipinski definition) is 2. The third-order valence-electron chi connectivity index (χ3n) is 3.50. The van der Waals surface area contributed by atoms with E-state index in [1.54, 1.807) is 11.8 Å². The summed E-state index contributed by atoms with van der Waals surface area (Å²) in [6, 6.07) is 7.76. The van der Waals surface area contributed by atoms with Crippen molar-refractivity contribution in [1.82, 2.24) is 4.98 Å². The summed E-state index contributed by atoms with van der Waals surface area (Å²) in [6.45, 7) is 3.96. The van der Waals surface area contributed by atoms with Crippen LogP contribution in [0.25, 0.3) is 11.1 Å². The van der Waals surface area contributed by atoms with Gasteiger partial charge in [-0.25, -0.2) is 4.98 Å². The molecule has 0 aliphatic rings. The second kappa shape index (κ2) is 6.85. The van der Waals surface area contributed by atoms with Gasteiger partial charge < -0.3 is 15.4 Å². The number of nitrogens with two attached hydrogens (primary N) is 1. The largest absolute Gasteiger partial charge is 0.431 e. The van der Waals surface area contributed by atoms with Crippen LogP contribution in [0.2, 0.25) is 0 Å². The second-order valence-electron chi connectivity index (χ2n) is 5.62. The van der Waals surface area contributed by atoms with Gasteiger partial charge in [-0.15, -0.1) is 0 Å². The third-order valence-corrected chi connectivity index (χ3v) is 4.41. The van der Waals surface area contributed by atoms with Crippen molar-refractivity contribution in [2.45, 2.75) is 38.3 Å². The van der Waals surface area contributed by atoms with E-state index < -0.39 is 0 Å². The highest BCUT2D eigenvalue weighted by molar-refractivity contribution is 7.99. The van der Waals surface area contributed by atoms with Gasteiger partial charge in [-0.2, -0.15) is 0 Å². The fraction of sp³-hybridized carbons (Fsp3) is 0.467. The number of hydrogen-bond acceptors (Lipinski definition) is 5. The molecule has 0 unspecified atom stereocenters. The summed E-state index contributed by atoms with van der Waals surface area (Å²) in [5.74, 6) is 1.23.